The van der Waals surface area contributed by atoms with Crippen molar-refractivity contribution in [1.29, 1.82) is 0 Å². The van der Waals surface area contributed by atoms with E-state index in [0.29, 0.717) is 25.6 Å². The van der Waals surface area contributed by atoms with Crippen molar-refractivity contribution in [3.8, 4) is 0 Å². The Labute approximate surface area is 87.3 Å². The molecule has 0 saturated carbocycles. The lowest BCUT2D eigenvalue weighted by Gasteiger charge is -2.05. The van der Waals surface area contributed by atoms with Gasteiger partial charge in [-0.1, -0.05) is 0 Å². The van der Waals surface area contributed by atoms with Crippen LogP contribution in [0.5, 0.6) is 0 Å². The highest BCUT2D eigenvalue weighted by Crippen LogP contribution is 2.01. The second-order valence-corrected chi connectivity index (χ2v) is 2.72. The van der Waals surface area contributed by atoms with E-state index in [-0.39, 0.29) is 5.69 Å². The molecule has 0 bridgehead atoms. The summed E-state index contributed by atoms with van der Waals surface area (Å²) < 4.78 is 5.11. The molecule has 82 valence electrons. The third-order valence-electron chi connectivity index (χ3n) is 1.61. The van der Waals surface area contributed by atoms with Crippen LogP contribution in [0, 0.1) is 0 Å². The van der Waals surface area contributed by atoms with Crippen molar-refractivity contribution in [3.63, 3.8) is 0 Å². The van der Waals surface area contributed by atoms with Crippen molar-refractivity contribution in [2.75, 3.05) is 25.1 Å². The number of aromatic carboxylic acids is 1. The average molecular weight is 211 g/mol. The van der Waals surface area contributed by atoms with Gasteiger partial charge in [0, 0.05) is 13.2 Å². The molecule has 1 heterocycles. The lowest BCUT2D eigenvalue weighted by molar-refractivity contribution is 0.0690. The third kappa shape index (κ3) is 3.90. The first-order valence-electron chi connectivity index (χ1n) is 4.61. The van der Waals surface area contributed by atoms with E-state index in [1.807, 2.05) is 6.92 Å². The quantitative estimate of drug-likeness (QED) is 0.671. The molecule has 1 aromatic rings. The number of nitrogens with one attached hydrogen (secondary N) is 1. The van der Waals surface area contributed by atoms with Crippen LogP contribution in [-0.2, 0) is 4.74 Å². The molecule has 0 unspecified atom stereocenters. The summed E-state index contributed by atoms with van der Waals surface area (Å²) in [5.74, 6) is -0.648. The van der Waals surface area contributed by atoms with Crippen LogP contribution in [0.4, 0.5) is 5.82 Å². The predicted octanol–water partition coefficient (Wildman–Crippen LogP) is 0.623. The molecule has 0 aliphatic carbocycles. The summed E-state index contributed by atoms with van der Waals surface area (Å²) in [7, 11) is 0. The van der Waals surface area contributed by atoms with Gasteiger partial charge in [-0.15, -0.1) is 0 Å². The maximum Gasteiger partial charge on any atom is 0.356 e. The Morgan fingerprint density at radius 3 is 3.07 bits per heavy atom. The maximum atomic E-state index is 10.6. The zero-order valence-corrected chi connectivity index (χ0v) is 8.43. The molecule has 0 aromatic carbocycles. The Bertz CT molecular complexity index is 330. The van der Waals surface area contributed by atoms with Gasteiger partial charge in [-0.3, -0.25) is 4.98 Å². The maximum absolute atomic E-state index is 10.6. The number of ether oxygens (including phenoxy) is 1. The highest BCUT2D eigenvalue weighted by molar-refractivity contribution is 5.85. The third-order valence-corrected chi connectivity index (χ3v) is 1.61. The molecular weight excluding hydrogens is 198 g/mol. The monoisotopic (exact) mass is 211 g/mol. The Morgan fingerprint density at radius 2 is 2.40 bits per heavy atom. The van der Waals surface area contributed by atoms with Gasteiger partial charge in [-0.25, -0.2) is 9.78 Å². The van der Waals surface area contributed by atoms with Crippen LogP contribution in [0.3, 0.4) is 0 Å². The minimum atomic E-state index is -1.09. The number of hydrogen-bond acceptors (Lipinski definition) is 5. The molecule has 0 atom stereocenters. The number of carbonyl (C=O) groups is 1. The first-order chi connectivity index (χ1) is 7.24. The largest absolute Gasteiger partial charge is 0.476 e. The van der Waals surface area contributed by atoms with Crippen LogP contribution in [-0.4, -0.2) is 40.8 Å². The van der Waals surface area contributed by atoms with Crippen LogP contribution in [0.15, 0.2) is 12.4 Å². The van der Waals surface area contributed by atoms with E-state index >= 15 is 0 Å². The molecule has 0 amide bonds. The van der Waals surface area contributed by atoms with Gasteiger partial charge in [0.05, 0.1) is 19.0 Å². The number of aromatic nitrogens is 2. The van der Waals surface area contributed by atoms with E-state index in [4.69, 9.17) is 9.84 Å². The fraction of sp³-hybridized carbons (Fsp3) is 0.444. The molecule has 0 spiro atoms. The van der Waals surface area contributed by atoms with E-state index in [1.54, 1.807) is 0 Å². The minimum absolute atomic E-state index is 0.0728. The molecule has 6 heteroatoms. The zero-order chi connectivity index (χ0) is 11.1. The summed E-state index contributed by atoms with van der Waals surface area (Å²) in [6, 6.07) is 0. The van der Waals surface area contributed by atoms with Gasteiger partial charge in [0.25, 0.3) is 0 Å². The number of rotatable bonds is 6. The number of anilines is 1. The number of nitrogens with zero attached hydrogens (tertiary/aromatic N) is 2. The highest BCUT2D eigenvalue weighted by atomic mass is 16.5. The second-order valence-electron chi connectivity index (χ2n) is 2.72. The molecule has 2 N–H and O–H groups in total. The minimum Gasteiger partial charge on any atom is -0.476 e. The van der Waals surface area contributed by atoms with E-state index in [1.165, 1.54) is 12.4 Å². The molecule has 0 saturated heterocycles. The van der Waals surface area contributed by atoms with Gasteiger partial charge in [-0.05, 0) is 6.92 Å². The van der Waals surface area contributed by atoms with Gasteiger partial charge in [0.1, 0.15) is 5.82 Å². The summed E-state index contributed by atoms with van der Waals surface area (Å²) >= 11 is 0. The summed E-state index contributed by atoms with van der Waals surface area (Å²) in [5.41, 5.74) is -0.0728. The van der Waals surface area contributed by atoms with Crippen molar-refractivity contribution in [1.82, 2.24) is 9.97 Å². The summed E-state index contributed by atoms with van der Waals surface area (Å²) in [6.07, 6.45) is 2.68. The van der Waals surface area contributed by atoms with Gasteiger partial charge in [0.15, 0.2) is 5.69 Å². The molecule has 15 heavy (non-hydrogen) atoms. The van der Waals surface area contributed by atoms with Crippen molar-refractivity contribution in [2.24, 2.45) is 0 Å². The lowest BCUT2D eigenvalue weighted by Crippen LogP contribution is -2.12. The Kier molecular flexibility index (Phi) is 4.49. The SMILES string of the molecule is CCOCCNc1cncc(C(=O)O)n1. The molecular formula is C9H13N3O3. The number of hydrogen-bond donors (Lipinski definition) is 2. The fourth-order valence-electron chi connectivity index (χ4n) is 0.950. The molecule has 0 aliphatic heterocycles. The first-order valence-corrected chi connectivity index (χ1v) is 4.61. The Morgan fingerprint density at radius 1 is 1.60 bits per heavy atom. The molecule has 0 radical (unpaired) electrons. The van der Waals surface area contributed by atoms with Crippen LogP contribution in [0.25, 0.3) is 0 Å². The molecule has 1 aromatic heterocycles. The average Bonchev–Trinajstić information content (AvgIpc) is 2.25. The van der Waals surface area contributed by atoms with Crippen molar-refractivity contribution in [3.05, 3.63) is 18.1 Å². The standard InChI is InChI=1S/C9H13N3O3/c1-2-15-4-3-11-8-6-10-5-7(12-8)9(13)14/h5-6H,2-4H2,1H3,(H,11,12)(H,13,14). The Balaban J connectivity index is 2.47. The van der Waals surface area contributed by atoms with Gasteiger partial charge in [0.2, 0.25) is 0 Å². The lowest BCUT2D eigenvalue weighted by atomic mass is 10.4. The second kappa shape index (κ2) is 5.92. The van der Waals surface area contributed by atoms with E-state index in [2.05, 4.69) is 15.3 Å². The number of carboxylic acid groups (broad SMARTS) is 1. The summed E-state index contributed by atoms with van der Waals surface area (Å²) in [5, 5.41) is 11.6. The Hall–Kier alpha value is -1.69. The molecule has 0 fully saturated rings. The van der Waals surface area contributed by atoms with Crippen molar-refractivity contribution >= 4 is 11.8 Å². The van der Waals surface area contributed by atoms with Gasteiger partial charge < -0.3 is 15.2 Å². The number of carboxylic acids is 1. The molecule has 0 aliphatic rings. The van der Waals surface area contributed by atoms with Crippen molar-refractivity contribution in [2.45, 2.75) is 6.92 Å². The van der Waals surface area contributed by atoms with Crippen molar-refractivity contribution < 1.29 is 14.6 Å². The summed E-state index contributed by atoms with van der Waals surface area (Å²) in [6.45, 7) is 3.69. The van der Waals surface area contributed by atoms with E-state index in [0.717, 1.165) is 0 Å². The van der Waals surface area contributed by atoms with Crippen LogP contribution in [0.1, 0.15) is 17.4 Å². The van der Waals surface area contributed by atoms with Gasteiger partial charge >= 0.3 is 5.97 Å². The van der Waals surface area contributed by atoms with Gasteiger partial charge in [-0.2, -0.15) is 0 Å². The fourth-order valence-corrected chi connectivity index (χ4v) is 0.950. The smallest absolute Gasteiger partial charge is 0.356 e. The zero-order valence-electron chi connectivity index (χ0n) is 8.43. The molecule has 1 rings (SSSR count). The predicted molar refractivity (Wildman–Crippen MR) is 54.0 cm³/mol. The first kappa shape index (κ1) is 11.4. The van der Waals surface area contributed by atoms with E-state index in [9.17, 15) is 4.79 Å². The van der Waals surface area contributed by atoms with E-state index < -0.39 is 5.97 Å². The van der Waals surface area contributed by atoms with Crippen LogP contribution in [0.2, 0.25) is 0 Å². The molecule has 6 nitrogen and oxygen atoms in total. The van der Waals surface area contributed by atoms with Crippen LogP contribution >= 0.6 is 0 Å². The summed E-state index contributed by atoms with van der Waals surface area (Å²) in [4.78, 5) is 18.2. The topological polar surface area (TPSA) is 84.3 Å². The normalized spacial score (nSPS) is 9.93. The highest BCUT2D eigenvalue weighted by Gasteiger charge is 2.05. The van der Waals surface area contributed by atoms with Crippen LogP contribution < -0.4 is 5.32 Å².